The maximum atomic E-state index is 12.5. The van der Waals surface area contributed by atoms with E-state index in [1.165, 1.54) is 0 Å². The Bertz CT molecular complexity index is 457. The zero-order valence-electron chi connectivity index (χ0n) is 8.42. The van der Waals surface area contributed by atoms with Gasteiger partial charge in [-0.1, -0.05) is 0 Å². The third kappa shape index (κ3) is 2.36. The van der Waals surface area contributed by atoms with Crippen LogP contribution in [0, 0.1) is 0 Å². The lowest BCUT2D eigenvalue weighted by molar-refractivity contribution is 0.0520. The number of halogens is 2. The number of carbonyl (C=O) groups is 1. The average molecular weight is 232 g/mol. The minimum absolute atomic E-state index is 0.0548. The standard InChI is InChI=1S/C9H10F2N2O3/c1-2-16-9(15)7-6(12)4(8(10)11)3-5(14)13-7/h3,8H,2,12H2,1H3,(H,13,14). The number of H-pyrrole nitrogens is 1. The molecular formula is C9H10F2N2O3. The van der Waals surface area contributed by atoms with Crippen LogP contribution in [-0.4, -0.2) is 17.6 Å². The Morgan fingerprint density at radius 1 is 1.62 bits per heavy atom. The molecule has 0 saturated carbocycles. The topological polar surface area (TPSA) is 85.2 Å². The van der Waals surface area contributed by atoms with E-state index in [2.05, 4.69) is 9.72 Å². The number of nitrogens with one attached hydrogen (secondary N) is 1. The third-order valence-electron chi connectivity index (χ3n) is 1.83. The number of esters is 1. The summed E-state index contributed by atoms with van der Waals surface area (Å²) in [7, 11) is 0. The molecule has 1 aromatic rings. The predicted molar refractivity (Wildman–Crippen MR) is 52.4 cm³/mol. The number of anilines is 1. The molecule has 1 aromatic heterocycles. The second kappa shape index (κ2) is 4.73. The van der Waals surface area contributed by atoms with Gasteiger partial charge in [0.15, 0.2) is 5.69 Å². The van der Waals surface area contributed by atoms with Crippen LogP contribution >= 0.6 is 0 Å². The van der Waals surface area contributed by atoms with Crippen LogP contribution in [0.4, 0.5) is 14.5 Å². The Morgan fingerprint density at radius 2 is 2.25 bits per heavy atom. The van der Waals surface area contributed by atoms with Gasteiger partial charge in [0.1, 0.15) is 0 Å². The molecule has 5 nitrogen and oxygen atoms in total. The van der Waals surface area contributed by atoms with Crippen molar-refractivity contribution < 1.29 is 18.3 Å². The fraction of sp³-hybridized carbons (Fsp3) is 0.333. The number of rotatable bonds is 3. The summed E-state index contributed by atoms with van der Waals surface area (Å²) < 4.78 is 29.5. The molecule has 1 heterocycles. The summed E-state index contributed by atoms with van der Waals surface area (Å²) in [6, 6.07) is 0.655. The van der Waals surface area contributed by atoms with Gasteiger partial charge in [0.25, 0.3) is 6.43 Å². The molecule has 0 spiro atoms. The predicted octanol–water partition coefficient (Wildman–Crippen LogP) is 1.07. The largest absolute Gasteiger partial charge is 0.461 e. The first-order valence-corrected chi connectivity index (χ1v) is 4.45. The van der Waals surface area contributed by atoms with Crippen LogP contribution in [0.5, 0.6) is 0 Å². The second-order valence-corrected chi connectivity index (χ2v) is 2.90. The van der Waals surface area contributed by atoms with Crippen molar-refractivity contribution in [3.05, 3.63) is 27.7 Å². The lowest BCUT2D eigenvalue weighted by Crippen LogP contribution is -2.19. The van der Waals surface area contributed by atoms with E-state index < -0.39 is 34.9 Å². The molecule has 1 rings (SSSR count). The van der Waals surface area contributed by atoms with Gasteiger partial charge in [0, 0.05) is 11.6 Å². The van der Waals surface area contributed by atoms with Crippen molar-refractivity contribution in [2.24, 2.45) is 0 Å². The van der Waals surface area contributed by atoms with Gasteiger partial charge in [-0.05, 0) is 6.92 Å². The summed E-state index contributed by atoms with van der Waals surface area (Å²) in [5, 5.41) is 0. The van der Waals surface area contributed by atoms with E-state index in [-0.39, 0.29) is 6.61 Å². The minimum Gasteiger partial charge on any atom is -0.461 e. The highest BCUT2D eigenvalue weighted by atomic mass is 19.3. The Morgan fingerprint density at radius 3 is 2.75 bits per heavy atom. The first-order valence-electron chi connectivity index (χ1n) is 4.45. The lowest BCUT2D eigenvalue weighted by Gasteiger charge is -2.08. The van der Waals surface area contributed by atoms with Gasteiger partial charge >= 0.3 is 5.97 Å². The maximum absolute atomic E-state index is 12.5. The summed E-state index contributed by atoms with van der Waals surface area (Å²) in [4.78, 5) is 24.4. The number of pyridine rings is 1. The van der Waals surface area contributed by atoms with E-state index in [4.69, 9.17) is 5.73 Å². The number of nitrogen functional groups attached to an aromatic ring is 1. The number of aromatic amines is 1. The van der Waals surface area contributed by atoms with Crippen LogP contribution in [0.3, 0.4) is 0 Å². The Balaban J connectivity index is 3.29. The molecule has 0 amide bonds. The zero-order valence-corrected chi connectivity index (χ0v) is 8.42. The SMILES string of the molecule is CCOC(=O)c1[nH]c(=O)cc(C(F)F)c1N. The summed E-state index contributed by atoms with van der Waals surface area (Å²) >= 11 is 0. The van der Waals surface area contributed by atoms with Crippen LogP contribution < -0.4 is 11.3 Å². The molecule has 0 radical (unpaired) electrons. The van der Waals surface area contributed by atoms with E-state index >= 15 is 0 Å². The van der Waals surface area contributed by atoms with Crippen molar-refractivity contribution in [1.29, 1.82) is 0 Å². The van der Waals surface area contributed by atoms with Crippen molar-refractivity contribution >= 4 is 11.7 Å². The molecule has 0 fully saturated rings. The first-order chi connectivity index (χ1) is 7.47. The van der Waals surface area contributed by atoms with Crippen molar-refractivity contribution in [1.82, 2.24) is 4.98 Å². The van der Waals surface area contributed by atoms with Gasteiger partial charge in [-0.3, -0.25) is 4.79 Å². The van der Waals surface area contributed by atoms with Crippen LogP contribution in [0.2, 0.25) is 0 Å². The number of hydrogen-bond donors (Lipinski definition) is 2. The van der Waals surface area contributed by atoms with Crippen molar-refractivity contribution in [3.8, 4) is 0 Å². The molecule has 0 aliphatic rings. The van der Waals surface area contributed by atoms with Crippen molar-refractivity contribution in [3.63, 3.8) is 0 Å². The summed E-state index contributed by atoms with van der Waals surface area (Å²) in [5.41, 5.74) is 2.93. The number of nitrogens with two attached hydrogens (primary N) is 1. The maximum Gasteiger partial charge on any atom is 0.357 e. The Kier molecular flexibility index (Phi) is 3.60. The summed E-state index contributed by atoms with van der Waals surface area (Å²) in [6.07, 6.45) is -2.92. The smallest absolute Gasteiger partial charge is 0.357 e. The molecule has 0 atom stereocenters. The molecule has 16 heavy (non-hydrogen) atoms. The van der Waals surface area contributed by atoms with Crippen LogP contribution in [0.15, 0.2) is 10.9 Å². The van der Waals surface area contributed by atoms with Crippen LogP contribution in [-0.2, 0) is 4.74 Å². The molecule has 0 bridgehead atoms. The second-order valence-electron chi connectivity index (χ2n) is 2.90. The lowest BCUT2D eigenvalue weighted by atomic mass is 10.2. The van der Waals surface area contributed by atoms with Crippen LogP contribution in [0.25, 0.3) is 0 Å². The van der Waals surface area contributed by atoms with Gasteiger partial charge in [0.05, 0.1) is 12.3 Å². The molecular weight excluding hydrogens is 222 g/mol. The van der Waals surface area contributed by atoms with Gasteiger partial charge in [-0.15, -0.1) is 0 Å². The quantitative estimate of drug-likeness (QED) is 0.763. The zero-order chi connectivity index (χ0) is 12.3. The normalized spacial score (nSPS) is 10.5. The number of aromatic nitrogens is 1. The highest BCUT2D eigenvalue weighted by Crippen LogP contribution is 2.25. The molecule has 0 saturated heterocycles. The highest BCUT2D eigenvalue weighted by Gasteiger charge is 2.20. The molecule has 3 N–H and O–H groups in total. The van der Waals surface area contributed by atoms with E-state index in [0.717, 1.165) is 0 Å². The molecule has 0 aliphatic carbocycles. The number of hydrogen-bond acceptors (Lipinski definition) is 4. The van der Waals surface area contributed by atoms with E-state index in [9.17, 15) is 18.4 Å². The van der Waals surface area contributed by atoms with E-state index in [0.29, 0.717) is 6.07 Å². The molecule has 0 aliphatic heterocycles. The number of alkyl halides is 2. The number of ether oxygens (including phenoxy) is 1. The van der Waals surface area contributed by atoms with Crippen molar-refractivity contribution in [2.45, 2.75) is 13.3 Å². The number of carbonyl (C=O) groups excluding carboxylic acids is 1. The van der Waals surface area contributed by atoms with Gasteiger partial charge in [-0.2, -0.15) is 0 Å². The molecule has 88 valence electrons. The fourth-order valence-corrected chi connectivity index (χ4v) is 1.13. The highest BCUT2D eigenvalue weighted by molar-refractivity contribution is 5.93. The third-order valence-corrected chi connectivity index (χ3v) is 1.83. The molecule has 0 aromatic carbocycles. The Labute approximate surface area is 89.2 Å². The fourth-order valence-electron chi connectivity index (χ4n) is 1.13. The van der Waals surface area contributed by atoms with E-state index in [1.807, 2.05) is 0 Å². The minimum atomic E-state index is -2.92. The summed E-state index contributed by atoms with van der Waals surface area (Å²) in [5.74, 6) is -0.931. The van der Waals surface area contributed by atoms with Gasteiger partial charge in [0.2, 0.25) is 5.56 Å². The molecule has 7 heteroatoms. The first kappa shape index (κ1) is 12.2. The Hall–Kier alpha value is -1.92. The van der Waals surface area contributed by atoms with Crippen molar-refractivity contribution in [2.75, 3.05) is 12.3 Å². The van der Waals surface area contributed by atoms with Gasteiger partial charge in [-0.25, -0.2) is 13.6 Å². The average Bonchev–Trinajstić information content (AvgIpc) is 2.20. The molecule has 0 unspecified atom stereocenters. The van der Waals surface area contributed by atoms with Crippen LogP contribution in [0.1, 0.15) is 29.4 Å². The summed E-state index contributed by atoms with van der Waals surface area (Å²) in [6.45, 7) is 1.60. The van der Waals surface area contributed by atoms with Gasteiger partial charge < -0.3 is 15.5 Å². The monoisotopic (exact) mass is 232 g/mol. The van der Waals surface area contributed by atoms with E-state index in [1.54, 1.807) is 6.92 Å².